The molecule has 0 heterocycles. The van der Waals surface area contributed by atoms with Crippen LogP contribution in [0.25, 0.3) is 11.1 Å². The van der Waals surface area contributed by atoms with E-state index in [9.17, 15) is 9.59 Å². The lowest BCUT2D eigenvalue weighted by atomic mass is 9.96. The molecule has 3 aromatic rings. The number of carbonyl (C=O) groups excluding carboxylic acids is 2. The van der Waals surface area contributed by atoms with Crippen molar-refractivity contribution in [3.63, 3.8) is 0 Å². The van der Waals surface area contributed by atoms with Crippen molar-refractivity contribution < 1.29 is 14.8 Å². The molecule has 3 rings (SSSR count). The molecule has 0 saturated heterocycles. The van der Waals surface area contributed by atoms with Crippen molar-refractivity contribution in [2.45, 2.75) is 19.3 Å². The highest BCUT2D eigenvalue weighted by atomic mass is 16.5. The highest BCUT2D eigenvalue weighted by Crippen LogP contribution is 2.21. The third kappa shape index (κ3) is 5.03. The van der Waals surface area contributed by atoms with E-state index in [1.807, 2.05) is 49.4 Å². The standard InChI is InChI=1S/C24H22N2O3/c1-2-17(19-8-14-22(15-9-19)24(28)26-29)16-25-23(27)21-12-10-20(11-13-21)18-6-4-3-5-7-18/h3-17,29H,2H2,1H3,(H,26,28). The Morgan fingerprint density at radius 3 is 2.07 bits per heavy atom. The van der Waals surface area contributed by atoms with Crippen molar-refractivity contribution >= 4 is 18.0 Å². The first-order valence-corrected chi connectivity index (χ1v) is 9.40. The second-order valence-electron chi connectivity index (χ2n) is 6.60. The topological polar surface area (TPSA) is 78.8 Å². The molecule has 29 heavy (non-hydrogen) atoms. The second kappa shape index (κ2) is 9.57. The second-order valence-corrected chi connectivity index (χ2v) is 6.60. The van der Waals surface area contributed by atoms with Gasteiger partial charge in [-0.25, -0.2) is 10.5 Å². The van der Waals surface area contributed by atoms with Crippen molar-refractivity contribution in [1.82, 2.24) is 5.48 Å². The van der Waals surface area contributed by atoms with Crippen LogP contribution >= 0.6 is 0 Å². The summed E-state index contributed by atoms with van der Waals surface area (Å²) >= 11 is 0. The Morgan fingerprint density at radius 1 is 0.897 bits per heavy atom. The summed E-state index contributed by atoms with van der Waals surface area (Å²) in [5.41, 5.74) is 5.58. The zero-order valence-corrected chi connectivity index (χ0v) is 16.1. The minimum atomic E-state index is -0.563. The molecule has 0 bridgehead atoms. The van der Waals surface area contributed by atoms with Gasteiger partial charge in [0.2, 0.25) is 0 Å². The Hall–Kier alpha value is -3.57. The van der Waals surface area contributed by atoms with E-state index in [4.69, 9.17) is 5.21 Å². The molecule has 0 fully saturated rings. The minimum absolute atomic E-state index is 0.0474. The molecule has 1 atom stereocenters. The van der Waals surface area contributed by atoms with E-state index in [1.54, 1.807) is 48.1 Å². The number of aliphatic imine (C=N–C) groups is 1. The lowest BCUT2D eigenvalue weighted by molar-refractivity contribution is 0.0706. The SMILES string of the molecule is CCC(C=NC(=O)c1ccc(-c2ccccc2)cc1)c1ccc(C(=O)NO)cc1. The number of rotatable bonds is 6. The van der Waals surface area contributed by atoms with Crippen molar-refractivity contribution in [2.24, 2.45) is 4.99 Å². The molecule has 0 radical (unpaired) electrons. The Balaban J connectivity index is 1.70. The number of hydroxylamine groups is 1. The van der Waals surface area contributed by atoms with Gasteiger partial charge in [0.1, 0.15) is 0 Å². The number of carbonyl (C=O) groups is 2. The van der Waals surface area contributed by atoms with Crippen molar-refractivity contribution in [2.75, 3.05) is 0 Å². The van der Waals surface area contributed by atoms with E-state index in [0.717, 1.165) is 23.1 Å². The van der Waals surface area contributed by atoms with Crippen LogP contribution in [-0.2, 0) is 0 Å². The maximum atomic E-state index is 12.4. The first-order chi connectivity index (χ1) is 14.1. The van der Waals surface area contributed by atoms with Crippen LogP contribution in [0.4, 0.5) is 0 Å². The molecule has 5 heteroatoms. The summed E-state index contributed by atoms with van der Waals surface area (Å²) in [4.78, 5) is 28.0. The van der Waals surface area contributed by atoms with E-state index in [2.05, 4.69) is 4.99 Å². The molecule has 0 aromatic heterocycles. The predicted octanol–water partition coefficient (Wildman–Crippen LogP) is 4.88. The zero-order valence-electron chi connectivity index (χ0n) is 16.1. The first-order valence-electron chi connectivity index (χ1n) is 9.40. The molecule has 1 unspecified atom stereocenters. The van der Waals surface area contributed by atoms with Crippen LogP contribution in [-0.4, -0.2) is 23.2 Å². The average Bonchev–Trinajstić information content (AvgIpc) is 2.80. The van der Waals surface area contributed by atoms with Crippen LogP contribution in [0, 0.1) is 0 Å². The molecule has 3 aromatic carbocycles. The number of amides is 2. The molecule has 146 valence electrons. The number of nitrogens with zero attached hydrogens (tertiary/aromatic N) is 1. The fourth-order valence-electron chi connectivity index (χ4n) is 3.04. The van der Waals surface area contributed by atoms with Crippen LogP contribution in [0.1, 0.15) is 45.5 Å². The lowest BCUT2D eigenvalue weighted by Crippen LogP contribution is -2.18. The largest absolute Gasteiger partial charge is 0.288 e. The van der Waals surface area contributed by atoms with Crippen LogP contribution in [0.3, 0.4) is 0 Å². The Morgan fingerprint density at radius 2 is 1.48 bits per heavy atom. The molecule has 0 aliphatic heterocycles. The van der Waals surface area contributed by atoms with Gasteiger partial charge >= 0.3 is 0 Å². The predicted molar refractivity (Wildman–Crippen MR) is 113 cm³/mol. The van der Waals surface area contributed by atoms with Gasteiger partial charge in [-0.3, -0.25) is 14.8 Å². The van der Waals surface area contributed by atoms with E-state index in [-0.39, 0.29) is 11.8 Å². The fraction of sp³-hybridized carbons (Fsp3) is 0.125. The van der Waals surface area contributed by atoms with Gasteiger partial charge in [-0.2, -0.15) is 0 Å². The van der Waals surface area contributed by atoms with Gasteiger partial charge in [0.15, 0.2) is 0 Å². The molecule has 0 spiro atoms. The van der Waals surface area contributed by atoms with Crippen LogP contribution in [0.15, 0.2) is 83.9 Å². The van der Waals surface area contributed by atoms with E-state index < -0.39 is 5.91 Å². The quantitative estimate of drug-likeness (QED) is 0.360. The molecule has 2 N–H and O–H groups in total. The van der Waals surface area contributed by atoms with Crippen molar-refractivity contribution in [3.05, 3.63) is 95.6 Å². The normalized spacial score (nSPS) is 11.9. The summed E-state index contributed by atoms with van der Waals surface area (Å²) in [6.07, 6.45) is 2.41. The van der Waals surface area contributed by atoms with E-state index in [0.29, 0.717) is 11.1 Å². The average molecular weight is 386 g/mol. The fourth-order valence-corrected chi connectivity index (χ4v) is 3.04. The lowest BCUT2D eigenvalue weighted by Gasteiger charge is -2.10. The third-order valence-electron chi connectivity index (χ3n) is 4.75. The van der Waals surface area contributed by atoms with Gasteiger partial charge in [0, 0.05) is 23.3 Å². The monoisotopic (exact) mass is 386 g/mol. The van der Waals surface area contributed by atoms with Gasteiger partial charge in [-0.15, -0.1) is 0 Å². The maximum Gasteiger partial charge on any atom is 0.276 e. The summed E-state index contributed by atoms with van der Waals surface area (Å²) in [6.45, 7) is 2.00. The summed E-state index contributed by atoms with van der Waals surface area (Å²) in [7, 11) is 0. The molecule has 0 saturated carbocycles. The molecular weight excluding hydrogens is 364 g/mol. The smallest absolute Gasteiger partial charge is 0.276 e. The van der Waals surface area contributed by atoms with Gasteiger partial charge < -0.3 is 0 Å². The Bertz CT molecular complexity index is 995. The highest BCUT2D eigenvalue weighted by molar-refractivity contribution is 6.00. The number of hydrogen-bond acceptors (Lipinski definition) is 3. The number of nitrogens with one attached hydrogen (secondary N) is 1. The van der Waals surface area contributed by atoms with Crippen molar-refractivity contribution in [3.8, 4) is 11.1 Å². The third-order valence-corrected chi connectivity index (χ3v) is 4.75. The van der Waals surface area contributed by atoms with Gasteiger partial charge in [-0.1, -0.05) is 61.5 Å². The Labute approximate surface area is 169 Å². The number of hydrogen-bond donors (Lipinski definition) is 2. The van der Waals surface area contributed by atoms with Gasteiger partial charge in [0.05, 0.1) is 0 Å². The van der Waals surface area contributed by atoms with Crippen LogP contribution < -0.4 is 5.48 Å². The highest BCUT2D eigenvalue weighted by Gasteiger charge is 2.11. The summed E-state index contributed by atoms with van der Waals surface area (Å²) < 4.78 is 0. The van der Waals surface area contributed by atoms with Crippen LogP contribution in [0.2, 0.25) is 0 Å². The number of benzene rings is 3. The maximum absolute atomic E-state index is 12.4. The van der Waals surface area contributed by atoms with E-state index >= 15 is 0 Å². The summed E-state index contributed by atoms with van der Waals surface area (Å²) in [6, 6.07) is 24.2. The Kier molecular flexibility index (Phi) is 6.66. The molecule has 0 aliphatic carbocycles. The molecule has 5 nitrogen and oxygen atoms in total. The first kappa shape index (κ1) is 20.2. The van der Waals surface area contributed by atoms with Crippen molar-refractivity contribution in [1.29, 1.82) is 0 Å². The zero-order chi connectivity index (χ0) is 20.6. The summed E-state index contributed by atoms with van der Waals surface area (Å²) in [5, 5.41) is 8.69. The minimum Gasteiger partial charge on any atom is -0.288 e. The van der Waals surface area contributed by atoms with Gasteiger partial charge in [-0.05, 0) is 47.4 Å². The van der Waals surface area contributed by atoms with Gasteiger partial charge in [0.25, 0.3) is 11.8 Å². The molecule has 2 amide bonds. The summed E-state index contributed by atoms with van der Waals surface area (Å²) in [5.74, 6) is -0.902. The molecule has 0 aliphatic rings. The van der Waals surface area contributed by atoms with Crippen LogP contribution in [0.5, 0.6) is 0 Å². The molecular formula is C24H22N2O3. The van der Waals surface area contributed by atoms with E-state index in [1.165, 1.54) is 0 Å².